The lowest BCUT2D eigenvalue weighted by atomic mass is 9.51. The molecule has 0 amide bonds. The smallest absolute Gasteiger partial charge is 0.0944 e. The molecule has 0 N–H and O–H groups in total. The molecule has 74 valence electrons. The van der Waals surface area contributed by atoms with Crippen molar-refractivity contribution in [2.24, 2.45) is 29.6 Å². The Bertz CT molecular complexity index is 282. The molecule has 0 aromatic heterocycles. The van der Waals surface area contributed by atoms with Gasteiger partial charge in [-0.1, -0.05) is 6.58 Å². The number of rotatable bonds is 1. The topological polar surface area (TPSA) is 23.8 Å². The van der Waals surface area contributed by atoms with Crippen molar-refractivity contribution in [2.75, 3.05) is 0 Å². The minimum Gasteiger partial charge on any atom is -0.193 e. The SMILES string of the molecule is C=C(C#N)C1C2CC3CC(C2)CC1C3. The van der Waals surface area contributed by atoms with Gasteiger partial charge in [-0.3, -0.25) is 0 Å². The van der Waals surface area contributed by atoms with Crippen LogP contribution < -0.4 is 0 Å². The number of allylic oxidation sites excluding steroid dienone is 1. The number of nitriles is 1. The summed E-state index contributed by atoms with van der Waals surface area (Å²) >= 11 is 0. The van der Waals surface area contributed by atoms with Crippen LogP contribution in [0.25, 0.3) is 0 Å². The van der Waals surface area contributed by atoms with Gasteiger partial charge in [0.05, 0.1) is 6.07 Å². The van der Waals surface area contributed by atoms with Crippen molar-refractivity contribution in [1.82, 2.24) is 0 Å². The Morgan fingerprint density at radius 1 is 1.00 bits per heavy atom. The normalized spacial score (nSPS) is 48.9. The van der Waals surface area contributed by atoms with Gasteiger partial charge in [0.15, 0.2) is 0 Å². The molecule has 0 aromatic rings. The van der Waals surface area contributed by atoms with Crippen LogP contribution in [0.15, 0.2) is 12.2 Å². The largest absolute Gasteiger partial charge is 0.193 e. The van der Waals surface area contributed by atoms with E-state index in [2.05, 4.69) is 12.6 Å². The zero-order chi connectivity index (χ0) is 9.71. The second-order valence-electron chi connectivity index (χ2n) is 5.59. The highest BCUT2D eigenvalue weighted by Crippen LogP contribution is 2.57. The van der Waals surface area contributed by atoms with Crippen molar-refractivity contribution < 1.29 is 0 Å². The average molecular weight is 187 g/mol. The highest BCUT2D eigenvalue weighted by molar-refractivity contribution is 5.24. The first kappa shape index (κ1) is 8.53. The fourth-order valence-electron chi connectivity index (χ4n) is 4.57. The summed E-state index contributed by atoms with van der Waals surface area (Å²) in [6.45, 7) is 3.96. The van der Waals surface area contributed by atoms with E-state index in [-0.39, 0.29) is 0 Å². The first-order valence-corrected chi connectivity index (χ1v) is 5.86. The maximum Gasteiger partial charge on any atom is 0.0944 e. The molecule has 0 heterocycles. The first-order chi connectivity index (χ1) is 6.78. The molecule has 0 atom stereocenters. The lowest BCUT2D eigenvalue weighted by molar-refractivity contribution is -0.0189. The maximum absolute atomic E-state index is 8.97. The Kier molecular flexibility index (Phi) is 1.74. The molecule has 4 rings (SSSR count). The molecule has 4 fully saturated rings. The molecular weight excluding hydrogens is 170 g/mol. The van der Waals surface area contributed by atoms with Crippen molar-refractivity contribution in [1.29, 1.82) is 5.26 Å². The van der Waals surface area contributed by atoms with Crippen LogP contribution in [-0.4, -0.2) is 0 Å². The highest BCUT2D eigenvalue weighted by Gasteiger charge is 2.48. The van der Waals surface area contributed by atoms with Crippen LogP contribution in [0.5, 0.6) is 0 Å². The molecule has 4 aliphatic carbocycles. The monoisotopic (exact) mass is 187 g/mol. The zero-order valence-electron chi connectivity index (χ0n) is 8.58. The summed E-state index contributed by atoms with van der Waals surface area (Å²) in [6, 6.07) is 2.30. The minimum absolute atomic E-state index is 0.563. The van der Waals surface area contributed by atoms with E-state index in [0.29, 0.717) is 5.92 Å². The summed E-state index contributed by atoms with van der Waals surface area (Å²) in [5, 5.41) is 8.97. The van der Waals surface area contributed by atoms with E-state index in [4.69, 9.17) is 5.26 Å². The Balaban J connectivity index is 1.88. The molecule has 0 spiro atoms. The van der Waals surface area contributed by atoms with Crippen molar-refractivity contribution in [3.8, 4) is 6.07 Å². The molecule has 4 aliphatic rings. The molecule has 0 radical (unpaired) electrons. The summed E-state index contributed by atoms with van der Waals surface area (Å²) < 4.78 is 0. The lowest BCUT2D eigenvalue weighted by Gasteiger charge is -2.54. The standard InChI is InChI=1S/C13H17N/c1-8(7-14)13-11-3-9-2-10(5-11)6-12(13)4-9/h9-13H,1-6H2. The summed E-state index contributed by atoms with van der Waals surface area (Å²) in [6.07, 6.45) is 7.03. The minimum atomic E-state index is 0.563. The molecule has 0 aliphatic heterocycles. The van der Waals surface area contributed by atoms with E-state index in [1.54, 1.807) is 0 Å². The summed E-state index contributed by atoms with van der Waals surface area (Å²) in [5.74, 6) is 4.20. The van der Waals surface area contributed by atoms with Crippen LogP contribution >= 0.6 is 0 Å². The van der Waals surface area contributed by atoms with E-state index < -0.39 is 0 Å². The van der Waals surface area contributed by atoms with E-state index in [1.807, 2.05) is 0 Å². The molecular formula is C13H17N. The van der Waals surface area contributed by atoms with Crippen molar-refractivity contribution >= 4 is 0 Å². The quantitative estimate of drug-likeness (QED) is 0.578. The predicted molar refractivity (Wildman–Crippen MR) is 55.3 cm³/mol. The Morgan fingerprint density at radius 2 is 1.50 bits per heavy atom. The molecule has 14 heavy (non-hydrogen) atoms. The third-order valence-electron chi connectivity index (χ3n) is 4.77. The predicted octanol–water partition coefficient (Wildman–Crippen LogP) is 3.14. The van der Waals surface area contributed by atoms with Gasteiger partial charge in [0.1, 0.15) is 0 Å². The molecule has 4 bridgehead atoms. The molecule has 0 unspecified atom stereocenters. The summed E-state index contributed by atoms with van der Waals surface area (Å²) in [5.41, 5.74) is 0.874. The van der Waals surface area contributed by atoms with Gasteiger partial charge < -0.3 is 0 Å². The summed E-state index contributed by atoms with van der Waals surface area (Å²) in [4.78, 5) is 0. The summed E-state index contributed by atoms with van der Waals surface area (Å²) in [7, 11) is 0. The van der Waals surface area contributed by atoms with Gasteiger partial charge in [0, 0.05) is 5.57 Å². The molecule has 0 aromatic carbocycles. The van der Waals surface area contributed by atoms with E-state index >= 15 is 0 Å². The van der Waals surface area contributed by atoms with Gasteiger partial charge in [0.2, 0.25) is 0 Å². The van der Waals surface area contributed by atoms with E-state index in [9.17, 15) is 0 Å². The second kappa shape index (κ2) is 2.86. The highest BCUT2D eigenvalue weighted by atomic mass is 14.5. The van der Waals surface area contributed by atoms with Crippen LogP contribution in [0.1, 0.15) is 32.1 Å². The van der Waals surface area contributed by atoms with Gasteiger partial charge >= 0.3 is 0 Å². The number of hydrogen-bond donors (Lipinski definition) is 0. The van der Waals surface area contributed by atoms with Crippen LogP contribution in [0.3, 0.4) is 0 Å². The fourth-order valence-corrected chi connectivity index (χ4v) is 4.57. The van der Waals surface area contributed by atoms with E-state index in [1.165, 1.54) is 32.1 Å². The van der Waals surface area contributed by atoms with Gasteiger partial charge in [-0.25, -0.2) is 0 Å². The van der Waals surface area contributed by atoms with Crippen LogP contribution in [-0.2, 0) is 0 Å². The van der Waals surface area contributed by atoms with Crippen molar-refractivity contribution in [2.45, 2.75) is 32.1 Å². The molecule has 1 heteroatoms. The second-order valence-corrected chi connectivity index (χ2v) is 5.59. The van der Waals surface area contributed by atoms with Crippen LogP contribution in [0, 0.1) is 40.9 Å². The fraction of sp³-hybridized carbons (Fsp3) is 0.769. The number of nitrogens with zero attached hydrogens (tertiary/aromatic N) is 1. The Labute approximate surface area is 85.8 Å². The molecule has 0 saturated heterocycles. The lowest BCUT2D eigenvalue weighted by Crippen LogP contribution is -2.45. The van der Waals surface area contributed by atoms with Crippen LogP contribution in [0.4, 0.5) is 0 Å². The van der Waals surface area contributed by atoms with Gasteiger partial charge in [-0.15, -0.1) is 0 Å². The Hall–Kier alpha value is -0.770. The van der Waals surface area contributed by atoms with Crippen molar-refractivity contribution in [3.05, 3.63) is 12.2 Å². The van der Waals surface area contributed by atoms with Gasteiger partial charge in [-0.05, 0) is 61.7 Å². The Morgan fingerprint density at radius 3 is 1.93 bits per heavy atom. The van der Waals surface area contributed by atoms with E-state index in [0.717, 1.165) is 29.2 Å². The van der Waals surface area contributed by atoms with Crippen molar-refractivity contribution in [3.63, 3.8) is 0 Å². The third kappa shape index (κ3) is 1.06. The average Bonchev–Trinajstić information content (AvgIpc) is 2.15. The van der Waals surface area contributed by atoms with Gasteiger partial charge in [-0.2, -0.15) is 5.26 Å². The molecule has 1 nitrogen and oxygen atoms in total. The maximum atomic E-state index is 8.97. The molecule has 4 saturated carbocycles. The van der Waals surface area contributed by atoms with Gasteiger partial charge in [0.25, 0.3) is 0 Å². The third-order valence-corrected chi connectivity index (χ3v) is 4.77. The zero-order valence-corrected chi connectivity index (χ0v) is 8.58. The van der Waals surface area contributed by atoms with Crippen LogP contribution in [0.2, 0.25) is 0 Å². The number of hydrogen-bond acceptors (Lipinski definition) is 1. The first-order valence-electron chi connectivity index (χ1n) is 5.86.